The SMILES string of the molecule is CC1CN(C(=O)c2ccccc2)CCN1C(=O)C(=O)c1c[nH]c2[nH]ccc(=O)c12. The molecule has 0 bridgehead atoms. The van der Waals surface area contributed by atoms with Crippen LogP contribution in [0.3, 0.4) is 0 Å². The monoisotopic (exact) mass is 392 g/mol. The minimum atomic E-state index is -0.734. The van der Waals surface area contributed by atoms with Crippen LogP contribution in [0.1, 0.15) is 27.6 Å². The number of aromatic nitrogens is 2. The number of hydrogen-bond acceptors (Lipinski definition) is 4. The molecule has 8 nitrogen and oxygen atoms in total. The standard InChI is InChI=1S/C21H20N4O4/c1-13-12-24(20(28)14-5-3-2-4-6-14)9-10-25(13)21(29)18(27)15-11-23-19-17(15)16(26)7-8-22-19/h2-8,11,13H,9-10,12H2,1H3,(H2,22,23,26). The van der Waals surface area contributed by atoms with Crippen molar-refractivity contribution >= 4 is 28.6 Å². The van der Waals surface area contributed by atoms with E-state index >= 15 is 0 Å². The predicted molar refractivity (Wildman–Crippen MR) is 107 cm³/mol. The van der Waals surface area contributed by atoms with Gasteiger partial charge in [0.15, 0.2) is 5.43 Å². The lowest BCUT2D eigenvalue weighted by Gasteiger charge is -2.39. The van der Waals surface area contributed by atoms with Crippen LogP contribution in [-0.4, -0.2) is 63.0 Å². The van der Waals surface area contributed by atoms with Gasteiger partial charge in [-0.05, 0) is 19.1 Å². The van der Waals surface area contributed by atoms with Crippen LogP contribution in [0.2, 0.25) is 0 Å². The van der Waals surface area contributed by atoms with Crippen LogP contribution in [0, 0.1) is 0 Å². The first-order valence-electron chi connectivity index (χ1n) is 9.35. The number of ketones is 1. The summed E-state index contributed by atoms with van der Waals surface area (Å²) in [6, 6.07) is 9.95. The van der Waals surface area contributed by atoms with Gasteiger partial charge in [-0.2, -0.15) is 0 Å². The number of aromatic amines is 2. The van der Waals surface area contributed by atoms with Crippen molar-refractivity contribution in [3.63, 3.8) is 0 Å². The summed E-state index contributed by atoms with van der Waals surface area (Å²) in [7, 11) is 0. The summed E-state index contributed by atoms with van der Waals surface area (Å²) in [5.74, 6) is -1.50. The topological polar surface area (TPSA) is 106 Å². The molecule has 1 fully saturated rings. The van der Waals surface area contributed by atoms with Crippen LogP contribution in [0.15, 0.2) is 53.6 Å². The van der Waals surface area contributed by atoms with E-state index in [4.69, 9.17) is 0 Å². The molecule has 1 aliphatic heterocycles. The number of pyridine rings is 1. The second-order valence-electron chi connectivity index (χ2n) is 7.09. The molecular formula is C21H20N4O4. The zero-order valence-corrected chi connectivity index (χ0v) is 15.8. The van der Waals surface area contributed by atoms with Gasteiger partial charge >= 0.3 is 0 Å². The minimum absolute atomic E-state index is 0.0573. The fourth-order valence-electron chi connectivity index (χ4n) is 3.71. The van der Waals surface area contributed by atoms with Crippen LogP contribution in [0.5, 0.6) is 0 Å². The third-order valence-corrected chi connectivity index (χ3v) is 5.22. The van der Waals surface area contributed by atoms with Crippen LogP contribution in [0.4, 0.5) is 0 Å². The first-order chi connectivity index (χ1) is 14.0. The number of carbonyl (C=O) groups is 3. The molecule has 0 spiro atoms. The van der Waals surface area contributed by atoms with Gasteiger partial charge in [0.05, 0.1) is 10.9 Å². The number of nitrogens with one attached hydrogen (secondary N) is 2. The van der Waals surface area contributed by atoms with E-state index in [9.17, 15) is 19.2 Å². The van der Waals surface area contributed by atoms with Crippen molar-refractivity contribution in [1.29, 1.82) is 0 Å². The maximum Gasteiger partial charge on any atom is 0.295 e. The lowest BCUT2D eigenvalue weighted by Crippen LogP contribution is -2.56. The van der Waals surface area contributed by atoms with E-state index in [2.05, 4.69) is 9.97 Å². The highest BCUT2D eigenvalue weighted by Crippen LogP contribution is 2.18. The van der Waals surface area contributed by atoms with Crippen LogP contribution in [0.25, 0.3) is 11.0 Å². The molecule has 2 N–H and O–H groups in total. The number of rotatable bonds is 3. The van der Waals surface area contributed by atoms with E-state index in [0.29, 0.717) is 24.3 Å². The molecule has 148 valence electrons. The summed E-state index contributed by atoms with van der Waals surface area (Å²) >= 11 is 0. The lowest BCUT2D eigenvalue weighted by atomic mass is 10.1. The van der Waals surface area contributed by atoms with Crippen LogP contribution < -0.4 is 5.43 Å². The van der Waals surface area contributed by atoms with E-state index in [0.717, 1.165) is 0 Å². The minimum Gasteiger partial charge on any atom is -0.347 e. The number of carbonyl (C=O) groups excluding carboxylic acids is 3. The molecule has 0 aliphatic carbocycles. The Morgan fingerprint density at radius 3 is 2.52 bits per heavy atom. The van der Waals surface area contributed by atoms with E-state index < -0.39 is 11.7 Å². The van der Waals surface area contributed by atoms with E-state index in [1.54, 1.807) is 36.1 Å². The van der Waals surface area contributed by atoms with Gasteiger partial charge in [-0.1, -0.05) is 18.2 Å². The molecule has 2 amide bonds. The maximum absolute atomic E-state index is 12.9. The van der Waals surface area contributed by atoms with Crippen molar-refractivity contribution in [2.24, 2.45) is 0 Å². The summed E-state index contributed by atoms with van der Waals surface area (Å²) in [4.78, 5) is 59.2. The molecule has 1 unspecified atom stereocenters. The quantitative estimate of drug-likeness (QED) is 0.519. The summed E-state index contributed by atoms with van der Waals surface area (Å²) < 4.78 is 0. The summed E-state index contributed by atoms with van der Waals surface area (Å²) in [6.07, 6.45) is 2.85. The highest BCUT2D eigenvalue weighted by Gasteiger charge is 2.34. The number of H-pyrrole nitrogens is 2. The fraction of sp³-hybridized carbons (Fsp3) is 0.238. The van der Waals surface area contributed by atoms with Crippen molar-refractivity contribution in [2.75, 3.05) is 19.6 Å². The third kappa shape index (κ3) is 3.33. The number of fused-ring (bicyclic) bond motifs is 1. The molecule has 1 atom stereocenters. The molecule has 8 heteroatoms. The number of amides is 2. The van der Waals surface area contributed by atoms with Crippen molar-refractivity contribution in [3.8, 4) is 0 Å². The zero-order chi connectivity index (χ0) is 20.5. The Labute approximate surface area is 166 Å². The highest BCUT2D eigenvalue weighted by atomic mass is 16.2. The lowest BCUT2D eigenvalue weighted by molar-refractivity contribution is -0.130. The van der Waals surface area contributed by atoms with Gasteiger partial charge in [-0.25, -0.2) is 0 Å². The zero-order valence-electron chi connectivity index (χ0n) is 15.8. The Balaban J connectivity index is 1.51. The molecule has 1 saturated heterocycles. The van der Waals surface area contributed by atoms with Crippen LogP contribution >= 0.6 is 0 Å². The normalized spacial score (nSPS) is 16.8. The average molecular weight is 392 g/mol. The Morgan fingerprint density at radius 1 is 1.03 bits per heavy atom. The molecule has 3 aromatic rings. The predicted octanol–water partition coefficient (Wildman–Crippen LogP) is 1.41. The van der Waals surface area contributed by atoms with Crippen LogP contribution in [-0.2, 0) is 4.79 Å². The molecule has 29 heavy (non-hydrogen) atoms. The molecule has 2 aromatic heterocycles. The van der Waals surface area contributed by atoms with Gasteiger partial charge < -0.3 is 19.8 Å². The molecule has 0 radical (unpaired) electrons. The van der Waals surface area contributed by atoms with Gasteiger partial charge in [-0.3, -0.25) is 19.2 Å². The largest absolute Gasteiger partial charge is 0.347 e. The second-order valence-corrected chi connectivity index (χ2v) is 7.09. The van der Waals surface area contributed by atoms with E-state index in [1.807, 2.05) is 6.07 Å². The summed E-state index contributed by atoms with van der Waals surface area (Å²) in [5.41, 5.74) is 0.720. The Kier molecular flexibility index (Phi) is 4.75. The molecule has 3 heterocycles. The maximum atomic E-state index is 12.9. The van der Waals surface area contributed by atoms with Crippen molar-refractivity contribution in [2.45, 2.75) is 13.0 Å². The Bertz CT molecular complexity index is 1150. The number of benzene rings is 1. The first-order valence-corrected chi connectivity index (χ1v) is 9.35. The van der Waals surface area contributed by atoms with Crippen molar-refractivity contribution in [1.82, 2.24) is 19.8 Å². The van der Waals surface area contributed by atoms with Gasteiger partial charge in [-0.15, -0.1) is 0 Å². The second kappa shape index (κ2) is 7.38. The van der Waals surface area contributed by atoms with E-state index in [-0.39, 0.29) is 34.9 Å². The molecule has 1 aliphatic rings. The molecule has 1 aromatic carbocycles. The first kappa shape index (κ1) is 18.7. The molecular weight excluding hydrogens is 372 g/mol. The number of Topliss-reactive ketones (excluding diaryl/α,β-unsaturated/α-hetero) is 1. The Morgan fingerprint density at radius 2 is 1.79 bits per heavy atom. The molecule has 0 saturated carbocycles. The number of nitrogens with zero attached hydrogens (tertiary/aromatic N) is 2. The summed E-state index contributed by atoms with van der Waals surface area (Å²) in [6.45, 7) is 2.73. The average Bonchev–Trinajstić information content (AvgIpc) is 3.18. The van der Waals surface area contributed by atoms with Gasteiger partial charge in [0, 0.05) is 49.7 Å². The van der Waals surface area contributed by atoms with Gasteiger partial charge in [0.25, 0.3) is 17.6 Å². The van der Waals surface area contributed by atoms with Gasteiger partial charge in [0.1, 0.15) is 5.65 Å². The smallest absolute Gasteiger partial charge is 0.295 e. The molecule has 4 rings (SSSR count). The van der Waals surface area contributed by atoms with Crippen molar-refractivity contribution in [3.05, 3.63) is 70.1 Å². The highest BCUT2D eigenvalue weighted by molar-refractivity contribution is 6.44. The third-order valence-electron chi connectivity index (χ3n) is 5.22. The summed E-state index contributed by atoms with van der Waals surface area (Å²) in [5, 5.41) is 0.177. The van der Waals surface area contributed by atoms with Crippen molar-refractivity contribution < 1.29 is 14.4 Å². The van der Waals surface area contributed by atoms with Gasteiger partial charge in [0.2, 0.25) is 0 Å². The van der Waals surface area contributed by atoms with E-state index in [1.165, 1.54) is 23.4 Å². The number of piperazine rings is 1. The Hall–Kier alpha value is -3.68. The fourth-order valence-corrected chi connectivity index (χ4v) is 3.71. The number of hydrogen-bond donors (Lipinski definition) is 2.